The number of hydrogen-bond donors (Lipinski definition) is 2. The number of aliphatic carboxylic acids is 1. The van der Waals surface area contributed by atoms with Crippen LogP contribution in [-0.2, 0) is 4.79 Å². The van der Waals surface area contributed by atoms with Crippen LogP contribution in [0.2, 0.25) is 0 Å². The van der Waals surface area contributed by atoms with Gasteiger partial charge in [-0.05, 0) is 18.2 Å². The SMILES string of the molecule is COc1cccc(C(=O)N2CC(O)CC2C(=O)O)c1. The molecule has 1 fully saturated rings. The first-order chi connectivity index (χ1) is 9.02. The maximum Gasteiger partial charge on any atom is 0.326 e. The molecule has 6 heteroatoms. The number of likely N-dealkylation sites (tertiary alicyclic amines) is 1. The molecule has 0 saturated carbocycles. The third kappa shape index (κ3) is 2.68. The Bertz CT molecular complexity index is 502. The molecule has 0 aromatic heterocycles. The van der Waals surface area contributed by atoms with Gasteiger partial charge in [-0.15, -0.1) is 0 Å². The zero-order chi connectivity index (χ0) is 14.0. The summed E-state index contributed by atoms with van der Waals surface area (Å²) in [7, 11) is 1.49. The van der Waals surface area contributed by atoms with Crippen LogP contribution in [0, 0.1) is 0 Å². The van der Waals surface area contributed by atoms with E-state index in [-0.39, 0.29) is 13.0 Å². The van der Waals surface area contributed by atoms with Crippen LogP contribution in [-0.4, -0.2) is 52.8 Å². The molecule has 1 heterocycles. The summed E-state index contributed by atoms with van der Waals surface area (Å²) in [6.45, 7) is 0.0347. The van der Waals surface area contributed by atoms with Gasteiger partial charge >= 0.3 is 5.97 Å². The molecule has 1 aliphatic rings. The van der Waals surface area contributed by atoms with E-state index in [9.17, 15) is 14.7 Å². The van der Waals surface area contributed by atoms with Gasteiger partial charge in [-0.25, -0.2) is 4.79 Å². The van der Waals surface area contributed by atoms with Crippen molar-refractivity contribution in [3.63, 3.8) is 0 Å². The number of aliphatic hydroxyl groups excluding tert-OH is 1. The van der Waals surface area contributed by atoms with Gasteiger partial charge in [-0.1, -0.05) is 6.07 Å². The van der Waals surface area contributed by atoms with Crippen LogP contribution in [0.4, 0.5) is 0 Å². The zero-order valence-electron chi connectivity index (χ0n) is 10.4. The molecule has 1 saturated heterocycles. The van der Waals surface area contributed by atoms with Crippen LogP contribution in [0.5, 0.6) is 5.75 Å². The van der Waals surface area contributed by atoms with Crippen LogP contribution >= 0.6 is 0 Å². The standard InChI is InChI=1S/C13H15NO5/c1-19-10-4-2-3-8(5-10)12(16)14-7-9(15)6-11(14)13(17)18/h2-5,9,11,15H,6-7H2,1H3,(H,17,18). The lowest BCUT2D eigenvalue weighted by Gasteiger charge is -2.21. The molecule has 1 amide bonds. The van der Waals surface area contributed by atoms with E-state index < -0.39 is 24.0 Å². The second-order valence-electron chi connectivity index (χ2n) is 4.43. The number of hydrogen-bond acceptors (Lipinski definition) is 4. The Morgan fingerprint density at radius 3 is 2.79 bits per heavy atom. The highest BCUT2D eigenvalue weighted by molar-refractivity contribution is 5.97. The highest BCUT2D eigenvalue weighted by atomic mass is 16.5. The first kappa shape index (κ1) is 13.4. The quantitative estimate of drug-likeness (QED) is 0.823. The molecule has 0 radical (unpaired) electrons. The molecule has 2 N–H and O–H groups in total. The van der Waals surface area contributed by atoms with Crippen molar-refractivity contribution in [3.05, 3.63) is 29.8 Å². The van der Waals surface area contributed by atoms with Crippen molar-refractivity contribution in [3.8, 4) is 5.75 Å². The van der Waals surface area contributed by atoms with E-state index in [0.717, 1.165) is 0 Å². The lowest BCUT2D eigenvalue weighted by Crippen LogP contribution is -2.40. The lowest BCUT2D eigenvalue weighted by atomic mass is 10.1. The molecule has 2 atom stereocenters. The monoisotopic (exact) mass is 265 g/mol. The highest BCUT2D eigenvalue weighted by Gasteiger charge is 2.39. The van der Waals surface area contributed by atoms with E-state index in [1.165, 1.54) is 12.0 Å². The molecule has 19 heavy (non-hydrogen) atoms. The molecule has 6 nitrogen and oxygen atoms in total. The lowest BCUT2D eigenvalue weighted by molar-refractivity contribution is -0.141. The minimum atomic E-state index is -1.10. The second-order valence-corrected chi connectivity index (χ2v) is 4.43. The molecule has 102 valence electrons. The van der Waals surface area contributed by atoms with Crippen LogP contribution in [0.1, 0.15) is 16.8 Å². The summed E-state index contributed by atoms with van der Waals surface area (Å²) in [5.41, 5.74) is 0.347. The van der Waals surface area contributed by atoms with Crippen molar-refractivity contribution in [2.75, 3.05) is 13.7 Å². The van der Waals surface area contributed by atoms with Crippen molar-refractivity contribution in [2.45, 2.75) is 18.6 Å². The average Bonchev–Trinajstić information content (AvgIpc) is 2.80. The normalized spacial score (nSPS) is 22.3. The van der Waals surface area contributed by atoms with Gasteiger partial charge in [-0.3, -0.25) is 4.79 Å². The number of amides is 1. The van der Waals surface area contributed by atoms with Crippen molar-refractivity contribution in [1.29, 1.82) is 0 Å². The van der Waals surface area contributed by atoms with Gasteiger partial charge in [0.1, 0.15) is 11.8 Å². The summed E-state index contributed by atoms with van der Waals surface area (Å²) in [6, 6.07) is 5.52. The number of methoxy groups -OCH3 is 1. The minimum absolute atomic E-state index is 0.0347. The van der Waals surface area contributed by atoms with Gasteiger partial charge in [0.25, 0.3) is 5.91 Å². The summed E-state index contributed by atoms with van der Waals surface area (Å²) >= 11 is 0. The number of benzene rings is 1. The van der Waals surface area contributed by atoms with E-state index in [2.05, 4.69) is 0 Å². The Hall–Kier alpha value is -2.08. The molecule has 1 aromatic carbocycles. The van der Waals surface area contributed by atoms with Crippen molar-refractivity contribution < 1.29 is 24.5 Å². The van der Waals surface area contributed by atoms with Crippen LogP contribution in [0.15, 0.2) is 24.3 Å². The Balaban J connectivity index is 2.24. The number of rotatable bonds is 3. The van der Waals surface area contributed by atoms with Gasteiger partial charge in [-0.2, -0.15) is 0 Å². The fourth-order valence-corrected chi connectivity index (χ4v) is 2.19. The Morgan fingerprint density at radius 1 is 1.42 bits per heavy atom. The molecule has 1 aliphatic heterocycles. The van der Waals surface area contributed by atoms with Crippen LogP contribution in [0.25, 0.3) is 0 Å². The summed E-state index contributed by atoms with van der Waals surface area (Å²) in [6.07, 6.45) is -0.735. The largest absolute Gasteiger partial charge is 0.497 e. The average molecular weight is 265 g/mol. The zero-order valence-corrected chi connectivity index (χ0v) is 10.4. The van der Waals surface area contributed by atoms with Crippen molar-refractivity contribution in [1.82, 2.24) is 4.90 Å². The molecule has 0 bridgehead atoms. The second kappa shape index (κ2) is 5.27. The van der Waals surface area contributed by atoms with E-state index in [0.29, 0.717) is 11.3 Å². The first-order valence-corrected chi connectivity index (χ1v) is 5.89. The predicted octanol–water partition coefficient (Wildman–Crippen LogP) is 0.355. The number of aliphatic hydroxyl groups is 1. The molecule has 1 aromatic rings. The van der Waals surface area contributed by atoms with E-state index >= 15 is 0 Å². The van der Waals surface area contributed by atoms with Crippen molar-refractivity contribution in [2.24, 2.45) is 0 Å². The highest BCUT2D eigenvalue weighted by Crippen LogP contribution is 2.22. The van der Waals surface area contributed by atoms with Gasteiger partial charge in [0.2, 0.25) is 0 Å². The summed E-state index contributed by atoms with van der Waals surface area (Å²) in [5.74, 6) is -0.992. The van der Waals surface area contributed by atoms with E-state index in [1.807, 2.05) is 0 Å². The number of nitrogens with zero attached hydrogens (tertiary/aromatic N) is 1. The van der Waals surface area contributed by atoms with E-state index in [1.54, 1.807) is 24.3 Å². The number of carbonyl (C=O) groups is 2. The fourth-order valence-electron chi connectivity index (χ4n) is 2.19. The smallest absolute Gasteiger partial charge is 0.326 e. The number of ether oxygens (including phenoxy) is 1. The van der Waals surface area contributed by atoms with Crippen molar-refractivity contribution >= 4 is 11.9 Å². The number of carboxylic acids is 1. The van der Waals surface area contributed by atoms with Gasteiger partial charge in [0, 0.05) is 18.5 Å². The summed E-state index contributed by atoms with van der Waals surface area (Å²) in [4.78, 5) is 24.5. The maximum absolute atomic E-state index is 12.3. The molecule has 2 unspecified atom stereocenters. The van der Waals surface area contributed by atoms with Gasteiger partial charge in [0.05, 0.1) is 13.2 Å². The molecular weight excluding hydrogens is 250 g/mol. The summed E-state index contributed by atoms with van der Waals surface area (Å²) < 4.78 is 5.03. The fraction of sp³-hybridized carbons (Fsp3) is 0.385. The Labute approximate surface area is 110 Å². The number of carbonyl (C=O) groups excluding carboxylic acids is 1. The molecule has 2 rings (SSSR count). The first-order valence-electron chi connectivity index (χ1n) is 5.89. The minimum Gasteiger partial charge on any atom is -0.497 e. The van der Waals surface area contributed by atoms with Gasteiger partial charge < -0.3 is 19.8 Å². The predicted molar refractivity (Wildman–Crippen MR) is 66.1 cm³/mol. The van der Waals surface area contributed by atoms with Gasteiger partial charge in [0.15, 0.2) is 0 Å². The Morgan fingerprint density at radius 2 is 2.16 bits per heavy atom. The molecular formula is C13H15NO5. The molecule has 0 aliphatic carbocycles. The van der Waals surface area contributed by atoms with E-state index in [4.69, 9.17) is 9.84 Å². The third-order valence-corrected chi connectivity index (χ3v) is 3.14. The molecule has 0 spiro atoms. The topological polar surface area (TPSA) is 87.1 Å². The summed E-state index contributed by atoms with van der Waals surface area (Å²) in [5, 5.41) is 18.6. The Kier molecular flexibility index (Phi) is 3.71. The maximum atomic E-state index is 12.3. The number of carboxylic acid groups (broad SMARTS) is 1. The third-order valence-electron chi connectivity index (χ3n) is 3.14. The number of β-amino-alcohol motifs (C(OH)–C–C–N with tert-alkyl or cyclic N) is 1. The van der Waals surface area contributed by atoms with Crippen LogP contribution < -0.4 is 4.74 Å². The van der Waals surface area contributed by atoms with Crippen LogP contribution in [0.3, 0.4) is 0 Å².